The number of anilines is 2. The number of nitrogens with two attached hydrogens (primary N) is 1. The summed E-state index contributed by atoms with van der Waals surface area (Å²) in [6.07, 6.45) is 6.98. The summed E-state index contributed by atoms with van der Waals surface area (Å²) in [7, 11) is 1.51. The number of aliphatic carboxylic acids is 1. The van der Waals surface area contributed by atoms with Crippen LogP contribution in [0.5, 0.6) is 23.0 Å². The molecule has 0 saturated heterocycles. The number of fused-ring (bicyclic) bond motifs is 3. The van der Waals surface area contributed by atoms with Gasteiger partial charge in [-0.15, -0.1) is 6.42 Å². The third-order valence-electron chi connectivity index (χ3n) is 10.7. The second-order valence-electron chi connectivity index (χ2n) is 17.6. The molecule has 0 bridgehead atoms. The number of nitrogens with zero attached hydrogens (tertiary/aromatic N) is 5. The van der Waals surface area contributed by atoms with E-state index in [1.165, 1.54) is 49.4 Å². The second-order valence-corrected chi connectivity index (χ2v) is 20.8. The van der Waals surface area contributed by atoms with Gasteiger partial charge in [0.15, 0.2) is 19.8 Å². The van der Waals surface area contributed by atoms with Crippen LogP contribution >= 0.6 is 18.9 Å². The van der Waals surface area contributed by atoms with Crippen LogP contribution in [0.25, 0.3) is 0 Å². The van der Waals surface area contributed by atoms with Gasteiger partial charge < -0.3 is 44.6 Å². The number of carbonyl (C=O) groups excluding carboxylic acids is 2. The maximum Gasteiger partial charge on any atom is 0.345 e. The Morgan fingerprint density at radius 2 is 1.80 bits per heavy atom. The SMILES string of the molecule is C#CCN1C(=O)COc2cc(F)c(/N=c3\snc4n3CC(C)(C)C4)cc21.CON(C)C(=O)Nc1ccc(Oc2ccc3c(c2)OC(C)(OC)CC3(C)C)cc1.CP(=O)(O)CCC(N)C(=O)O. The van der Waals surface area contributed by atoms with Crippen LogP contribution in [0.2, 0.25) is 0 Å². The molecule has 3 atom stereocenters. The van der Waals surface area contributed by atoms with E-state index in [1.807, 2.05) is 29.7 Å². The number of methoxy groups -OCH3 is 1. The van der Waals surface area contributed by atoms with Gasteiger partial charge in [-0.3, -0.25) is 23.9 Å². The standard InChI is InChI=1S/C22H28N2O5.C18H17FN4O2S.C5H12NO4P/c1-21(2)14-22(3,26-5)29-19-13-17(11-12-18(19)21)28-16-9-7-15(8-10-16)23-20(25)24(4)27-6;1-4-5-22-13-7-12(11(19)6-14(13)25-9-16(22)24)20-17-23-10-18(2,3)8-15(23)21-26-17;1-11(9,10)3-2-4(6)5(7)8/h7-13H,14H2,1-6H3,(H,23,25);1,6-7H,5,8-10H2,2-3H3;4H,2-3,6H2,1H3,(H,7,8)(H,9,10)/b;20-17-;. The van der Waals surface area contributed by atoms with Crippen molar-refractivity contribution in [2.45, 2.75) is 77.7 Å². The molecule has 5 N–H and O–H groups in total. The summed E-state index contributed by atoms with van der Waals surface area (Å²) in [5.74, 6) is 3.17. The Hall–Kier alpha value is -5.81. The first-order valence-electron chi connectivity index (χ1n) is 20.7. The lowest BCUT2D eigenvalue weighted by molar-refractivity contribution is -0.172. The van der Waals surface area contributed by atoms with Crippen LogP contribution in [0, 0.1) is 23.6 Å². The molecule has 66 heavy (non-hydrogen) atoms. The number of rotatable bonds is 11. The maximum atomic E-state index is 14.5. The number of aromatic nitrogens is 2. The zero-order valence-electron chi connectivity index (χ0n) is 38.4. The van der Waals surface area contributed by atoms with Crippen molar-refractivity contribution in [3.63, 3.8) is 0 Å². The van der Waals surface area contributed by atoms with Gasteiger partial charge in [0, 0.05) is 88.2 Å². The number of hydrogen-bond acceptors (Lipinski definition) is 13. The fraction of sp³-hybridized carbons (Fsp3) is 0.444. The van der Waals surface area contributed by atoms with Crippen LogP contribution in [0.1, 0.15) is 58.8 Å². The van der Waals surface area contributed by atoms with E-state index in [2.05, 4.69) is 48.3 Å². The van der Waals surface area contributed by atoms with E-state index in [-0.39, 0.29) is 54.2 Å². The minimum Gasteiger partial charge on any atom is -0.481 e. The third-order valence-corrected chi connectivity index (χ3v) is 12.6. The number of terminal acetylenes is 1. The highest BCUT2D eigenvalue weighted by atomic mass is 32.1. The predicted molar refractivity (Wildman–Crippen MR) is 247 cm³/mol. The van der Waals surface area contributed by atoms with E-state index in [0.29, 0.717) is 33.4 Å². The molecule has 356 valence electrons. The number of hydrogen-bond donors (Lipinski definition) is 4. The van der Waals surface area contributed by atoms with Crippen LogP contribution in [0.15, 0.2) is 59.6 Å². The molecule has 0 spiro atoms. The van der Waals surface area contributed by atoms with Crippen LogP contribution in [0.3, 0.4) is 0 Å². The number of amides is 3. The van der Waals surface area contributed by atoms with Gasteiger partial charge in [-0.2, -0.15) is 4.37 Å². The molecule has 3 aromatic carbocycles. The number of benzene rings is 3. The van der Waals surface area contributed by atoms with Crippen LogP contribution in [-0.2, 0) is 42.1 Å². The minimum absolute atomic E-state index is 0.0412. The molecular formula is C45H57FN7O11PS. The molecule has 7 rings (SSSR count). The Kier molecular flexibility index (Phi) is 16.1. The van der Waals surface area contributed by atoms with Crippen molar-refractivity contribution >= 4 is 53.9 Å². The molecule has 0 aliphatic carbocycles. The molecule has 3 unspecified atom stereocenters. The number of hydroxylamine groups is 2. The average molecular weight is 954 g/mol. The molecule has 4 heterocycles. The van der Waals surface area contributed by atoms with Crippen molar-refractivity contribution in [1.82, 2.24) is 14.0 Å². The van der Waals surface area contributed by atoms with Gasteiger partial charge in [0.1, 0.15) is 40.6 Å². The topological polar surface area (TPSA) is 230 Å². The van der Waals surface area contributed by atoms with Crippen LogP contribution < -0.4 is 35.0 Å². The molecule has 1 aromatic heterocycles. The number of carboxylic acids is 1. The summed E-state index contributed by atoms with van der Waals surface area (Å²) in [5.41, 5.74) is 7.45. The fourth-order valence-electron chi connectivity index (χ4n) is 7.27. The lowest BCUT2D eigenvalue weighted by Gasteiger charge is -2.43. The molecule has 4 aromatic rings. The highest BCUT2D eigenvalue weighted by Crippen LogP contribution is 2.47. The molecule has 3 aliphatic heterocycles. The van der Waals surface area contributed by atoms with Crippen LogP contribution in [-0.4, -0.2) is 101 Å². The number of ether oxygens (including phenoxy) is 4. The maximum absolute atomic E-state index is 14.5. The highest BCUT2D eigenvalue weighted by Gasteiger charge is 2.42. The first-order valence-corrected chi connectivity index (χ1v) is 23.8. The number of halogens is 1. The summed E-state index contributed by atoms with van der Waals surface area (Å²) in [5, 5.41) is 12.1. The van der Waals surface area contributed by atoms with Crippen LogP contribution in [0.4, 0.5) is 26.2 Å². The van der Waals surface area contributed by atoms with E-state index in [9.17, 15) is 23.3 Å². The quantitative estimate of drug-likeness (QED) is 0.0684. The Bertz CT molecular complexity index is 2590. The summed E-state index contributed by atoms with van der Waals surface area (Å²) in [6, 6.07) is 14.3. The average Bonchev–Trinajstić information content (AvgIpc) is 3.75. The first-order chi connectivity index (χ1) is 30.9. The molecule has 0 radical (unpaired) electrons. The lowest BCUT2D eigenvalue weighted by atomic mass is 9.76. The second kappa shape index (κ2) is 20.8. The molecule has 21 heteroatoms. The van der Waals surface area contributed by atoms with Crippen molar-refractivity contribution in [3.8, 4) is 35.3 Å². The van der Waals surface area contributed by atoms with Crippen molar-refractivity contribution < 1.29 is 57.1 Å². The summed E-state index contributed by atoms with van der Waals surface area (Å²) < 4.78 is 54.6. The van der Waals surface area contributed by atoms with Gasteiger partial charge in [0.25, 0.3) is 5.91 Å². The first kappa shape index (κ1) is 51.2. The monoisotopic (exact) mass is 953 g/mol. The number of carboxylic acid groups (broad SMARTS) is 1. The van der Waals surface area contributed by atoms with E-state index in [0.717, 1.165) is 41.6 Å². The van der Waals surface area contributed by atoms with Gasteiger partial charge in [-0.05, 0) is 53.6 Å². The van der Waals surface area contributed by atoms with Gasteiger partial charge in [-0.1, -0.05) is 39.7 Å². The molecular weight excluding hydrogens is 897 g/mol. The normalized spacial score (nSPS) is 19.0. The number of urea groups is 1. The molecule has 0 fully saturated rings. The summed E-state index contributed by atoms with van der Waals surface area (Å²) in [4.78, 5) is 54.1. The zero-order chi connectivity index (χ0) is 48.8. The van der Waals surface area contributed by atoms with Gasteiger partial charge in [0.2, 0.25) is 10.6 Å². The Balaban J connectivity index is 0.000000204. The van der Waals surface area contributed by atoms with Gasteiger partial charge in [-0.25, -0.2) is 19.2 Å². The van der Waals surface area contributed by atoms with Crippen molar-refractivity contribution in [2.24, 2.45) is 16.1 Å². The largest absolute Gasteiger partial charge is 0.481 e. The molecule has 0 saturated carbocycles. The third kappa shape index (κ3) is 13.2. The Morgan fingerprint density at radius 3 is 2.42 bits per heavy atom. The Morgan fingerprint density at radius 1 is 1.12 bits per heavy atom. The van der Waals surface area contributed by atoms with E-state index in [1.54, 1.807) is 31.4 Å². The lowest BCUT2D eigenvalue weighted by Crippen LogP contribution is -2.45. The zero-order valence-corrected chi connectivity index (χ0v) is 40.1. The van der Waals surface area contributed by atoms with Crippen molar-refractivity contribution in [2.75, 3.05) is 57.5 Å². The smallest absolute Gasteiger partial charge is 0.345 e. The van der Waals surface area contributed by atoms with Crippen molar-refractivity contribution in [3.05, 3.63) is 76.6 Å². The van der Waals surface area contributed by atoms with Gasteiger partial charge in [0.05, 0.1) is 19.3 Å². The molecule has 3 aliphatic rings. The molecule has 18 nitrogen and oxygen atoms in total. The van der Waals surface area contributed by atoms with E-state index in [4.69, 9.17) is 45.9 Å². The van der Waals surface area contributed by atoms with E-state index < -0.39 is 31.0 Å². The fourth-order valence-corrected chi connectivity index (χ4v) is 8.78. The Labute approximate surface area is 387 Å². The highest BCUT2D eigenvalue weighted by molar-refractivity contribution is 7.57. The van der Waals surface area contributed by atoms with E-state index >= 15 is 0 Å². The predicted octanol–water partition coefficient (Wildman–Crippen LogP) is 6.87. The summed E-state index contributed by atoms with van der Waals surface area (Å²) >= 11 is 1.24. The number of nitrogens with one attached hydrogen (secondary N) is 1. The minimum atomic E-state index is -3.10. The van der Waals surface area contributed by atoms with Crippen molar-refractivity contribution in [1.29, 1.82) is 0 Å². The van der Waals surface area contributed by atoms with Gasteiger partial charge >= 0.3 is 12.0 Å². The number of carbonyl (C=O) groups is 3. The molecule has 3 amide bonds. The summed E-state index contributed by atoms with van der Waals surface area (Å²) in [6.45, 7) is 12.5.